The van der Waals surface area contributed by atoms with Crippen LogP contribution >= 0.6 is 0 Å². The maximum atomic E-state index is 2.40. The van der Waals surface area contributed by atoms with Gasteiger partial charge in [0.15, 0.2) is 0 Å². The molecule has 0 aromatic rings. The first-order valence-electron chi connectivity index (χ1n) is 19.3. The summed E-state index contributed by atoms with van der Waals surface area (Å²) in [6.45, 7) is 7.02. The van der Waals surface area contributed by atoms with Crippen molar-refractivity contribution in [3.63, 3.8) is 0 Å². The summed E-state index contributed by atoms with van der Waals surface area (Å²) in [5.74, 6) is 1.03. The highest BCUT2D eigenvalue weighted by atomic mass is 14.1. The van der Waals surface area contributed by atoms with Gasteiger partial charge in [-0.25, -0.2) is 0 Å². The number of rotatable bonds is 35. The van der Waals surface area contributed by atoms with E-state index >= 15 is 0 Å². The lowest BCUT2D eigenvalue weighted by Crippen LogP contribution is -2.00. The van der Waals surface area contributed by atoms with Crippen molar-refractivity contribution in [1.29, 1.82) is 0 Å². The van der Waals surface area contributed by atoms with Crippen molar-refractivity contribution >= 4 is 0 Å². The van der Waals surface area contributed by atoms with Gasteiger partial charge in [-0.3, -0.25) is 0 Å². The van der Waals surface area contributed by atoms with Gasteiger partial charge < -0.3 is 0 Å². The summed E-state index contributed by atoms with van der Waals surface area (Å²) < 4.78 is 0. The second-order valence-electron chi connectivity index (χ2n) is 13.5. The van der Waals surface area contributed by atoms with Crippen LogP contribution in [0, 0.1) is 5.92 Å². The first kappa shape index (κ1) is 39.0. The maximum absolute atomic E-state index is 2.40. The van der Waals surface area contributed by atoms with Crippen molar-refractivity contribution in [1.82, 2.24) is 0 Å². The molecule has 1 unspecified atom stereocenters. The number of hydrogen-bond acceptors (Lipinski definition) is 0. The van der Waals surface area contributed by atoms with E-state index in [2.05, 4.69) is 20.8 Å². The fraction of sp³-hybridized carbons (Fsp3) is 1.00. The predicted molar refractivity (Wildman–Crippen MR) is 182 cm³/mol. The second kappa shape index (κ2) is 36.0. The summed E-state index contributed by atoms with van der Waals surface area (Å²) >= 11 is 0. The average molecular weight is 549 g/mol. The minimum Gasteiger partial charge on any atom is -0.0654 e. The third kappa shape index (κ3) is 34.1. The second-order valence-corrected chi connectivity index (χ2v) is 13.5. The van der Waals surface area contributed by atoms with E-state index in [1.807, 2.05) is 0 Å². The van der Waals surface area contributed by atoms with Gasteiger partial charge in [-0.2, -0.15) is 0 Å². The Hall–Kier alpha value is 0. The largest absolute Gasteiger partial charge is 0.0654 e. The van der Waals surface area contributed by atoms with Crippen molar-refractivity contribution in [3.8, 4) is 0 Å². The Balaban J connectivity index is 3.35. The summed E-state index contributed by atoms with van der Waals surface area (Å²) in [5, 5.41) is 0. The molecule has 0 nitrogen and oxygen atoms in total. The minimum atomic E-state index is 1.03. The van der Waals surface area contributed by atoms with Crippen LogP contribution in [0.4, 0.5) is 0 Å². The summed E-state index contributed by atoms with van der Waals surface area (Å²) in [5.41, 5.74) is 0. The molecule has 0 spiro atoms. The van der Waals surface area contributed by atoms with E-state index in [0.717, 1.165) is 5.92 Å². The highest BCUT2D eigenvalue weighted by Gasteiger charge is 2.07. The van der Waals surface area contributed by atoms with Gasteiger partial charge in [0.2, 0.25) is 0 Å². The van der Waals surface area contributed by atoms with Gasteiger partial charge in [0, 0.05) is 0 Å². The van der Waals surface area contributed by atoms with Crippen LogP contribution in [-0.2, 0) is 0 Å². The molecule has 39 heavy (non-hydrogen) atoms. The van der Waals surface area contributed by atoms with E-state index in [-0.39, 0.29) is 0 Å². The molecule has 0 heteroatoms. The average Bonchev–Trinajstić information content (AvgIpc) is 2.94. The molecule has 0 saturated heterocycles. The molecule has 0 aromatic carbocycles. The third-order valence-electron chi connectivity index (χ3n) is 9.38. The number of unbranched alkanes of at least 4 members (excludes halogenated alkanes) is 29. The highest BCUT2D eigenvalue weighted by molar-refractivity contribution is 4.61. The lowest BCUT2D eigenvalue weighted by Gasteiger charge is -2.16. The molecule has 0 aliphatic rings. The maximum Gasteiger partial charge on any atom is -0.0414 e. The Morgan fingerprint density at radius 3 is 0.615 bits per heavy atom. The summed E-state index contributed by atoms with van der Waals surface area (Å²) in [6, 6.07) is 0. The molecule has 0 rings (SSSR count). The van der Waals surface area contributed by atoms with Crippen LogP contribution in [0.3, 0.4) is 0 Å². The van der Waals surface area contributed by atoms with Gasteiger partial charge in [-0.05, 0) is 5.92 Å². The van der Waals surface area contributed by atoms with Crippen LogP contribution in [0.5, 0.6) is 0 Å². The molecule has 0 aliphatic heterocycles. The standard InChI is InChI=1S/C39H80/c1-4-7-9-11-13-15-17-19-21-23-25-27-29-31-33-35-38-39(36-6-3)37-34-32-30-28-26-24-22-20-18-16-14-12-10-8-5-2/h39H,4-38H2,1-3H3. The zero-order valence-corrected chi connectivity index (χ0v) is 28.3. The van der Waals surface area contributed by atoms with Crippen LogP contribution in [0.15, 0.2) is 0 Å². The van der Waals surface area contributed by atoms with Crippen LogP contribution in [0.25, 0.3) is 0 Å². The highest BCUT2D eigenvalue weighted by Crippen LogP contribution is 2.23. The number of hydrogen-bond donors (Lipinski definition) is 0. The minimum absolute atomic E-state index is 1.03. The Bertz CT molecular complexity index is 399. The Kier molecular flexibility index (Phi) is 36.0. The molecule has 236 valence electrons. The lowest BCUT2D eigenvalue weighted by atomic mass is 9.90. The Morgan fingerprint density at radius 2 is 0.410 bits per heavy atom. The van der Waals surface area contributed by atoms with E-state index in [9.17, 15) is 0 Å². The Labute approximate surface area is 251 Å². The van der Waals surface area contributed by atoms with Gasteiger partial charge in [0.05, 0.1) is 0 Å². The summed E-state index contributed by atoms with van der Waals surface area (Å²) in [6.07, 6.45) is 51.8. The molecule has 0 aliphatic carbocycles. The zero-order chi connectivity index (χ0) is 28.3. The van der Waals surface area contributed by atoms with Gasteiger partial charge >= 0.3 is 0 Å². The van der Waals surface area contributed by atoms with Crippen molar-refractivity contribution in [2.45, 2.75) is 245 Å². The first-order chi connectivity index (χ1) is 19.3. The normalized spacial score (nSPS) is 12.4. The predicted octanol–water partition coefficient (Wildman–Crippen LogP) is 15.3. The third-order valence-corrected chi connectivity index (χ3v) is 9.38. The fourth-order valence-electron chi connectivity index (χ4n) is 6.63. The monoisotopic (exact) mass is 549 g/mol. The van der Waals surface area contributed by atoms with E-state index in [1.54, 1.807) is 0 Å². The molecular formula is C39H80. The molecule has 0 aromatic heterocycles. The van der Waals surface area contributed by atoms with Gasteiger partial charge in [-0.1, -0.05) is 245 Å². The molecular weight excluding hydrogens is 468 g/mol. The van der Waals surface area contributed by atoms with E-state index < -0.39 is 0 Å². The van der Waals surface area contributed by atoms with Crippen LogP contribution < -0.4 is 0 Å². The van der Waals surface area contributed by atoms with E-state index in [0.29, 0.717) is 0 Å². The smallest absolute Gasteiger partial charge is 0.0414 e. The fourth-order valence-corrected chi connectivity index (χ4v) is 6.63. The molecule has 0 N–H and O–H groups in total. The zero-order valence-electron chi connectivity index (χ0n) is 28.3. The van der Waals surface area contributed by atoms with Crippen LogP contribution in [0.1, 0.15) is 245 Å². The molecule has 0 amide bonds. The van der Waals surface area contributed by atoms with Gasteiger partial charge in [0.25, 0.3) is 0 Å². The molecule has 0 radical (unpaired) electrons. The summed E-state index contributed by atoms with van der Waals surface area (Å²) in [7, 11) is 0. The van der Waals surface area contributed by atoms with Gasteiger partial charge in [0.1, 0.15) is 0 Å². The first-order valence-corrected chi connectivity index (χ1v) is 19.3. The lowest BCUT2D eigenvalue weighted by molar-refractivity contribution is 0.376. The van der Waals surface area contributed by atoms with Crippen LogP contribution in [-0.4, -0.2) is 0 Å². The molecule has 1 atom stereocenters. The van der Waals surface area contributed by atoms with E-state index in [4.69, 9.17) is 0 Å². The van der Waals surface area contributed by atoms with Crippen molar-refractivity contribution < 1.29 is 0 Å². The SMILES string of the molecule is CCCCCCCCCCCCCCCCCCC(CCC)CCCCCCCCCCCCCCCCC. The molecule has 0 fully saturated rings. The molecule has 0 heterocycles. The van der Waals surface area contributed by atoms with Crippen molar-refractivity contribution in [2.75, 3.05) is 0 Å². The molecule has 0 bridgehead atoms. The van der Waals surface area contributed by atoms with Crippen molar-refractivity contribution in [3.05, 3.63) is 0 Å². The van der Waals surface area contributed by atoms with Gasteiger partial charge in [-0.15, -0.1) is 0 Å². The summed E-state index contributed by atoms with van der Waals surface area (Å²) in [4.78, 5) is 0. The molecule has 0 saturated carbocycles. The van der Waals surface area contributed by atoms with Crippen molar-refractivity contribution in [2.24, 2.45) is 5.92 Å². The van der Waals surface area contributed by atoms with Crippen LogP contribution in [0.2, 0.25) is 0 Å². The Morgan fingerprint density at radius 1 is 0.205 bits per heavy atom. The van der Waals surface area contributed by atoms with E-state index in [1.165, 1.54) is 225 Å². The quantitative estimate of drug-likeness (QED) is 0.0691. The topological polar surface area (TPSA) is 0 Å².